The van der Waals surface area contributed by atoms with Crippen LogP contribution in [0, 0.1) is 0 Å². The minimum Gasteiger partial charge on any atom is -0.339 e. The summed E-state index contributed by atoms with van der Waals surface area (Å²) in [6, 6.07) is 6.52. The van der Waals surface area contributed by atoms with E-state index in [0.29, 0.717) is 36.6 Å². The number of nitrogens with one attached hydrogen (secondary N) is 1. The fourth-order valence-corrected chi connectivity index (χ4v) is 3.29. The molecule has 0 aliphatic carbocycles. The van der Waals surface area contributed by atoms with Crippen molar-refractivity contribution < 1.29 is 13.2 Å². The second-order valence-electron chi connectivity index (χ2n) is 4.52. The first-order chi connectivity index (χ1) is 9.93. The molecule has 1 aromatic rings. The molecule has 1 rings (SSSR count). The van der Waals surface area contributed by atoms with E-state index in [4.69, 9.17) is 11.6 Å². The maximum Gasteiger partial charge on any atom is 0.253 e. The van der Waals surface area contributed by atoms with Crippen LogP contribution in [0.2, 0.25) is 0 Å². The van der Waals surface area contributed by atoms with Crippen LogP contribution in [0.3, 0.4) is 0 Å². The summed E-state index contributed by atoms with van der Waals surface area (Å²) in [7, 11) is -3.43. The van der Waals surface area contributed by atoms with Crippen LogP contribution in [0.1, 0.15) is 30.6 Å². The van der Waals surface area contributed by atoms with Gasteiger partial charge in [0.1, 0.15) is 0 Å². The van der Waals surface area contributed by atoms with Crippen molar-refractivity contribution in [2.45, 2.75) is 20.3 Å². The summed E-state index contributed by atoms with van der Waals surface area (Å²) < 4.78 is 26.1. The molecule has 0 aromatic heterocycles. The van der Waals surface area contributed by atoms with E-state index in [-0.39, 0.29) is 11.7 Å². The van der Waals surface area contributed by atoms with E-state index in [2.05, 4.69) is 4.72 Å². The van der Waals surface area contributed by atoms with Crippen molar-refractivity contribution in [2.75, 3.05) is 29.4 Å². The molecule has 5 nitrogen and oxygen atoms in total. The Morgan fingerprint density at radius 3 is 2.52 bits per heavy atom. The molecule has 21 heavy (non-hydrogen) atoms. The summed E-state index contributed by atoms with van der Waals surface area (Å²) in [6.07, 6.45) is 0.384. The number of rotatable bonds is 8. The van der Waals surface area contributed by atoms with Crippen molar-refractivity contribution in [1.82, 2.24) is 4.90 Å². The van der Waals surface area contributed by atoms with E-state index in [1.165, 1.54) is 0 Å². The molecule has 0 saturated heterocycles. The molecule has 118 valence electrons. The van der Waals surface area contributed by atoms with Gasteiger partial charge in [-0.3, -0.25) is 9.52 Å². The van der Waals surface area contributed by atoms with Crippen LogP contribution < -0.4 is 4.72 Å². The van der Waals surface area contributed by atoms with Gasteiger partial charge in [0.2, 0.25) is 10.0 Å². The van der Waals surface area contributed by atoms with Gasteiger partial charge in [0.05, 0.1) is 5.75 Å². The lowest BCUT2D eigenvalue weighted by molar-refractivity contribution is 0.0773. The molecule has 0 aliphatic rings. The fraction of sp³-hybridized carbons (Fsp3) is 0.500. The van der Waals surface area contributed by atoms with Crippen molar-refractivity contribution >= 4 is 33.2 Å². The number of anilines is 1. The number of amides is 1. The van der Waals surface area contributed by atoms with E-state index in [1.807, 2.05) is 13.8 Å². The standard InChI is InChI=1S/C14H21ClN2O3S/c1-3-17(4-2)14(18)12-7-5-8-13(11-12)16-21(19,20)10-6-9-15/h5,7-8,11,16H,3-4,6,9-10H2,1-2H3. The van der Waals surface area contributed by atoms with Gasteiger partial charge >= 0.3 is 0 Å². The van der Waals surface area contributed by atoms with Gasteiger partial charge in [-0.2, -0.15) is 0 Å². The molecule has 0 unspecified atom stereocenters. The lowest BCUT2D eigenvalue weighted by Crippen LogP contribution is -2.30. The zero-order chi connectivity index (χ0) is 15.9. The number of hydrogen-bond acceptors (Lipinski definition) is 3. The van der Waals surface area contributed by atoms with Crippen LogP contribution in [-0.4, -0.2) is 43.9 Å². The summed E-state index contributed by atoms with van der Waals surface area (Å²) in [5.41, 5.74) is 0.860. The van der Waals surface area contributed by atoms with E-state index < -0.39 is 10.0 Å². The van der Waals surface area contributed by atoms with Crippen LogP contribution in [0.5, 0.6) is 0 Å². The SMILES string of the molecule is CCN(CC)C(=O)c1cccc(NS(=O)(=O)CCCCl)c1. The second-order valence-corrected chi connectivity index (χ2v) is 6.74. The molecule has 0 heterocycles. The van der Waals surface area contributed by atoms with Gasteiger partial charge in [0, 0.05) is 30.2 Å². The van der Waals surface area contributed by atoms with Crippen molar-refractivity contribution in [3.8, 4) is 0 Å². The van der Waals surface area contributed by atoms with Gasteiger partial charge in [0.25, 0.3) is 5.91 Å². The molecule has 0 saturated carbocycles. The predicted octanol–water partition coefficient (Wildman–Crippen LogP) is 2.54. The van der Waals surface area contributed by atoms with Crippen molar-refractivity contribution in [3.63, 3.8) is 0 Å². The highest BCUT2D eigenvalue weighted by molar-refractivity contribution is 7.92. The molecule has 0 bridgehead atoms. The Kier molecular flexibility index (Phi) is 6.98. The highest BCUT2D eigenvalue weighted by atomic mass is 35.5. The second kappa shape index (κ2) is 8.24. The van der Waals surface area contributed by atoms with Gasteiger partial charge in [-0.15, -0.1) is 11.6 Å². The summed E-state index contributed by atoms with van der Waals surface area (Å²) in [5.74, 6) is 0.147. The molecule has 0 aliphatic heterocycles. The minimum atomic E-state index is -3.43. The topological polar surface area (TPSA) is 66.5 Å². The first-order valence-electron chi connectivity index (χ1n) is 6.89. The fourth-order valence-electron chi connectivity index (χ4n) is 1.88. The summed E-state index contributed by atoms with van der Waals surface area (Å²) >= 11 is 5.50. The average Bonchev–Trinajstić information content (AvgIpc) is 2.46. The monoisotopic (exact) mass is 332 g/mol. The van der Waals surface area contributed by atoms with Gasteiger partial charge in [-0.05, 0) is 38.5 Å². The smallest absolute Gasteiger partial charge is 0.253 e. The van der Waals surface area contributed by atoms with Crippen LogP contribution in [0.15, 0.2) is 24.3 Å². The summed E-state index contributed by atoms with van der Waals surface area (Å²) in [6.45, 7) is 5.03. The molecule has 1 aromatic carbocycles. The highest BCUT2D eigenvalue weighted by Gasteiger charge is 2.14. The predicted molar refractivity (Wildman–Crippen MR) is 86.4 cm³/mol. The number of hydrogen-bond donors (Lipinski definition) is 1. The van der Waals surface area contributed by atoms with E-state index in [9.17, 15) is 13.2 Å². The lowest BCUT2D eigenvalue weighted by Gasteiger charge is -2.19. The quantitative estimate of drug-likeness (QED) is 0.744. The normalized spacial score (nSPS) is 11.2. The van der Waals surface area contributed by atoms with Gasteiger partial charge in [-0.1, -0.05) is 6.07 Å². The van der Waals surface area contributed by atoms with Crippen LogP contribution >= 0.6 is 11.6 Å². The Morgan fingerprint density at radius 2 is 1.95 bits per heavy atom. The number of carbonyl (C=O) groups is 1. The maximum atomic E-state index is 12.2. The zero-order valence-electron chi connectivity index (χ0n) is 12.3. The van der Waals surface area contributed by atoms with E-state index in [1.54, 1.807) is 29.2 Å². The Balaban J connectivity index is 2.88. The third-order valence-corrected chi connectivity index (χ3v) is 4.62. The third kappa shape index (κ3) is 5.55. The Morgan fingerprint density at radius 1 is 1.29 bits per heavy atom. The number of nitrogens with zero attached hydrogens (tertiary/aromatic N) is 1. The number of sulfonamides is 1. The van der Waals surface area contributed by atoms with Gasteiger partial charge in [-0.25, -0.2) is 8.42 Å². The largest absolute Gasteiger partial charge is 0.339 e. The lowest BCUT2D eigenvalue weighted by atomic mass is 10.2. The average molecular weight is 333 g/mol. The summed E-state index contributed by atoms with van der Waals surface area (Å²) in [4.78, 5) is 13.9. The molecule has 7 heteroatoms. The number of alkyl halides is 1. The third-order valence-electron chi connectivity index (χ3n) is 2.98. The Labute approximate surface area is 131 Å². The van der Waals surface area contributed by atoms with Gasteiger partial charge < -0.3 is 4.90 Å². The molecule has 1 amide bonds. The Hall–Kier alpha value is -1.27. The Bertz CT molecular complexity index is 571. The van der Waals surface area contributed by atoms with E-state index in [0.717, 1.165) is 0 Å². The van der Waals surface area contributed by atoms with E-state index >= 15 is 0 Å². The molecule has 0 atom stereocenters. The maximum absolute atomic E-state index is 12.2. The molecule has 1 N–H and O–H groups in total. The van der Waals surface area contributed by atoms with Crippen molar-refractivity contribution in [2.24, 2.45) is 0 Å². The first-order valence-corrected chi connectivity index (χ1v) is 9.08. The molecule has 0 radical (unpaired) electrons. The molecule has 0 spiro atoms. The number of halogens is 1. The molecular weight excluding hydrogens is 312 g/mol. The van der Waals surface area contributed by atoms with Gasteiger partial charge in [0.15, 0.2) is 0 Å². The highest BCUT2D eigenvalue weighted by Crippen LogP contribution is 2.14. The zero-order valence-corrected chi connectivity index (χ0v) is 13.9. The van der Waals surface area contributed by atoms with Crippen LogP contribution in [0.4, 0.5) is 5.69 Å². The van der Waals surface area contributed by atoms with Crippen LogP contribution in [0.25, 0.3) is 0 Å². The minimum absolute atomic E-state index is 0.0370. The number of carbonyl (C=O) groups excluding carboxylic acids is 1. The number of benzene rings is 1. The summed E-state index contributed by atoms with van der Waals surface area (Å²) in [5, 5.41) is 0. The van der Waals surface area contributed by atoms with Crippen LogP contribution in [-0.2, 0) is 10.0 Å². The van der Waals surface area contributed by atoms with Crippen molar-refractivity contribution in [1.29, 1.82) is 0 Å². The van der Waals surface area contributed by atoms with Crippen molar-refractivity contribution in [3.05, 3.63) is 29.8 Å². The first kappa shape index (κ1) is 17.8. The molecule has 0 fully saturated rings. The molecular formula is C14H21ClN2O3S.